The minimum Gasteiger partial charge on any atom is -0.311 e. The minimum atomic E-state index is -0.136. The molecule has 0 aliphatic carbocycles. The zero-order chi connectivity index (χ0) is 17.4. The lowest BCUT2D eigenvalue weighted by atomic mass is 10.2. The Morgan fingerprint density at radius 2 is 1.68 bits per heavy atom. The molecule has 0 N–H and O–H groups in total. The van der Waals surface area contributed by atoms with Crippen molar-refractivity contribution in [2.24, 2.45) is 0 Å². The summed E-state index contributed by atoms with van der Waals surface area (Å²) in [6.07, 6.45) is 2.24. The predicted molar refractivity (Wildman–Crippen MR) is 93.7 cm³/mol. The zero-order valence-corrected chi connectivity index (χ0v) is 13.8. The summed E-state index contributed by atoms with van der Waals surface area (Å²) >= 11 is 0. The van der Waals surface area contributed by atoms with Crippen molar-refractivity contribution in [2.45, 2.75) is 13.3 Å². The van der Waals surface area contributed by atoms with Gasteiger partial charge in [0.05, 0.1) is 11.4 Å². The number of benzene rings is 1. The van der Waals surface area contributed by atoms with Crippen LogP contribution in [0, 0.1) is 0 Å². The third-order valence-corrected chi connectivity index (χ3v) is 4.40. The monoisotopic (exact) mass is 335 g/mol. The summed E-state index contributed by atoms with van der Waals surface area (Å²) in [6, 6.07) is 12.9. The Hall–Kier alpha value is -3.22. The minimum absolute atomic E-state index is 0.0253. The van der Waals surface area contributed by atoms with Gasteiger partial charge in [0, 0.05) is 20.0 Å². The molecule has 4 rings (SSSR count). The van der Waals surface area contributed by atoms with E-state index >= 15 is 0 Å². The Morgan fingerprint density at radius 1 is 0.960 bits per heavy atom. The van der Waals surface area contributed by atoms with Gasteiger partial charge in [-0.3, -0.25) is 14.0 Å². The summed E-state index contributed by atoms with van der Waals surface area (Å²) in [5.41, 5.74) is 2.62. The van der Waals surface area contributed by atoms with Crippen LogP contribution in [0.15, 0.2) is 48.8 Å². The molecule has 25 heavy (non-hydrogen) atoms. The van der Waals surface area contributed by atoms with Gasteiger partial charge in [0.1, 0.15) is 12.0 Å². The highest BCUT2D eigenvalue weighted by molar-refractivity contribution is 6.09. The van der Waals surface area contributed by atoms with E-state index in [2.05, 4.69) is 10.2 Å². The highest BCUT2D eigenvalue weighted by atomic mass is 16.2. The number of anilines is 2. The fourth-order valence-corrected chi connectivity index (χ4v) is 3.25. The lowest BCUT2D eigenvalue weighted by molar-refractivity contribution is -0.116. The van der Waals surface area contributed by atoms with Crippen LogP contribution in [-0.2, 0) is 4.79 Å². The molecule has 0 bridgehead atoms. The van der Waals surface area contributed by atoms with Crippen molar-refractivity contribution in [3.8, 4) is 0 Å². The number of aromatic nitrogens is 3. The first kappa shape index (κ1) is 15.3. The topological polar surface area (TPSA) is 70.8 Å². The molecule has 3 aromatic rings. The van der Waals surface area contributed by atoms with Crippen molar-refractivity contribution in [1.29, 1.82) is 0 Å². The fraction of sp³-hybridized carbons (Fsp3) is 0.222. The molecule has 3 heterocycles. The zero-order valence-electron chi connectivity index (χ0n) is 13.8. The van der Waals surface area contributed by atoms with Gasteiger partial charge < -0.3 is 9.80 Å². The molecule has 0 saturated carbocycles. The van der Waals surface area contributed by atoms with E-state index in [1.54, 1.807) is 39.3 Å². The van der Waals surface area contributed by atoms with E-state index in [9.17, 15) is 9.59 Å². The summed E-state index contributed by atoms with van der Waals surface area (Å²) < 4.78 is 1.68. The molecule has 2 amide bonds. The molecule has 126 valence electrons. The molecule has 0 fully saturated rings. The van der Waals surface area contributed by atoms with Crippen LogP contribution in [0.25, 0.3) is 5.65 Å². The molecule has 7 heteroatoms. The van der Waals surface area contributed by atoms with Gasteiger partial charge in [0.2, 0.25) is 5.91 Å². The number of hydrogen-bond acceptors (Lipinski definition) is 4. The normalized spacial score (nSPS) is 14.3. The van der Waals surface area contributed by atoms with Crippen molar-refractivity contribution < 1.29 is 9.59 Å². The summed E-state index contributed by atoms with van der Waals surface area (Å²) in [6.45, 7) is 2.68. The van der Waals surface area contributed by atoms with E-state index < -0.39 is 0 Å². The predicted octanol–water partition coefficient (Wildman–Crippen LogP) is 2.13. The van der Waals surface area contributed by atoms with Gasteiger partial charge >= 0.3 is 0 Å². The Balaban J connectivity index is 1.81. The van der Waals surface area contributed by atoms with Crippen molar-refractivity contribution in [3.05, 3.63) is 54.5 Å². The van der Waals surface area contributed by atoms with Crippen molar-refractivity contribution in [1.82, 2.24) is 14.6 Å². The molecule has 2 aromatic heterocycles. The van der Waals surface area contributed by atoms with Crippen molar-refractivity contribution in [3.63, 3.8) is 0 Å². The summed E-state index contributed by atoms with van der Waals surface area (Å²) in [5, 5.41) is 7.87. The molecule has 7 nitrogen and oxygen atoms in total. The number of amides is 2. The Kier molecular flexibility index (Phi) is 3.68. The highest BCUT2D eigenvalue weighted by Gasteiger charge is 2.27. The Bertz CT molecular complexity index is 965. The maximum absolute atomic E-state index is 13.2. The van der Waals surface area contributed by atoms with Crippen LogP contribution in [0.2, 0.25) is 0 Å². The van der Waals surface area contributed by atoms with Gasteiger partial charge in [-0.05, 0) is 30.7 Å². The average Bonchev–Trinajstić information content (AvgIpc) is 3.01. The average molecular weight is 335 g/mol. The summed E-state index contributed by atoms with van der Waals surface area (Å²) in [5.74, 6) is -0.161. The second-order valence-corrected chi connectivity index (χ2v) is 5.94. The first-order chi connectivity index (χ1) is 12.2. The number of fused-ring (bicyclic) bond motifs is 2. The van der Waals surface area contributed by atoms with E-state index in [1.807, 2.05) is 24.3 Å². The standard InChI is InChI=1S/C18H17N5O2/c1-13(24)21-10-5-11-22(15-7-3-2-6-14(15)21)18(25)16-8-4-9-17-20-19-12-23(16)17/h2-4,6-9,12H,5,10-11H2,1H3. The molecule has 0 radical (unpaired) electrons. The lowest BCUT2D eigenvalue weighted by Crippen LogP contribution is -2.32. The first-order valence-corrected chi connectivity index (χ1v) is 8.14. The third kappa shape index (κ3) is 2.53. The number of nitrogens with zero attached hydrogens (tertiary/aromatic N) is 5. The first-order valence-electron chi connectivity index (χ1n) is 8.14. The van der Waals surface area contributed by atoms with Crippen LogP contribution < -0.4 is 9.80 Å². The number of pyridine rings is 1. The molecule has 0 atom stereocenters. The number of rotatable bonds is 1. The second kappa shape index (κ2) is 6.01. The molecular formula is C18H17N5O2. The van der Waals surface area contributed by atoms with Gasteiger partial charge in [-0.25, -0.2) is 0 Å². The van der Waals surface area contributed by atoms with Gasteiger partial charge in [0.25, 0.3) is 5.91 Å². The van der Waals surface area contributed by atoms with Crippen LogP contribution in [0.5, 0.6) is 0 Å². The lowest BCUT2D eigenvalue weighted by Gasteiger charge is -2.25. The van der Waals surface area contributed by atoms with Gasteiger partial charge in [-0.2, -0.15) is 0 Å². The second-order valence-electron chi connectivity index (χ2n) is 5.94. The number of carbonyl (C=O) groups is 2. The van der Waals surface area contributed by atoms with Crippen LogP contribution in [-0.4, -0.2) is 39.5 Å². The fourth-order valence-electron chi connectivity index (χ4n) is 3.25. The summed E-state index contributed by atoms with van der Waals surface area (Å²) in [4.78, 5) is 28.7. The molecule has 0 unspecified atom stereocenters. The van der Waals surface area contributed by atoms with Gasteiger partial charge in [-0.1, -0.05) is 18.2 Å². The molecule has 0 spiro atoms. The highest BCUT2D eigenvalue weighted by Crippen LogP contribution is 2.33. The SMILES string of the molecule is CC(=O)N1CCCN(C(=O)c2cccc3nncn23)c2ccccc21. The number of hydrogen-bond donors (Lipinski definition) is 0. The van der Waals surface area contributed by atoms with Crippen LogP contribution >= 0.6 is 0 Å². The Labute approximate surface area is 144 Å². The van der Waals surface area contributed by atoms with E-state index in [0.717, 1.165) is 11.4 Å². The van der Waals surface area contributed by atoms with Gasteiger partial charge in [-0.15, -0.1) is 10.2 Å². The molecule has 0 saturated heterocycles. The number of carbonyl (C=O) groups excluding carboxylic acids is 2. The van der Waals surface area contributed by atoms with Crippen LogP contribution in [0.3, 0.4) is 0 Å². The maximum Gasteiger partial charge on any atom is 0.275 e. The van der Waals surface area contributed by atoms with E-state index in [-0.39, 0.29) is 11.8 Å². The van der Waals surface area contributed by atoms with E-state index in [1.165, 1.54) is 6.33 Å². The van der Waals surface area contributed by atoms with E-state index in [4.69, 9.17) is 0 Å². The molecule has 1 aromatic carbocycles. The van der Waals surface area contributed by atoms with E-state index in [0.29, 0.717) is 30.9 Å². The Morgan fingerprint density at radius 3 is 2.44 bits per heavy atom. The molecule has 1 aliphatic heterocycles. The quantitative estimate of drug-likeness (QED) is 0.683. The largest absolute Gasteiger partial charge is 0.311 e. The summed E-state index contributed by atoms with van der Waals surface area (Å²) in [7, 11) is 0. The molecule has 1 aliphatic rings. The smallest absolute Gasteiger partial charge is 0.275 e. The van der Waals surface area contributed by atoms with Gasteiger partial charge in [0.15, 0.2) is 5.65 Å². The maximum atomic E-state index is 13.2. The van der Waals surface area contributed by atoms with Crippen molar-refractivity contribution in [2.75, 3.05) is 22.9 Å². The van der Waals surface area contributed by atoms with Crippen LogP contribution in [0.1, 0.15) is 23.8 Å². The molecular weight excluding hydrogens is 318 g/mol. The number of para-hydroxylation sites is 2. The third-order valence-electron chi connectivity index (χ3n) is 4.40. The van der Waals surface area contributed by atoms with Crippen molar-refractivity contribution >= 4 is 28.8 Å². The van der Waals surface area contributed by atoms with Crippen LogP contribution in [0.4, 0.5) is 11.4 Å².